The highest BCUT2D eigenvalue weighted by molar-refractivity contribution is 5.61. The van der Waals surface area contributed by atoms with Crippen LogP contribution < -0.4 is 10.6 Å². The van der Waals surface area contributed by atoms with E-state index in [9.17, 15) is 0 Å². The molecule has 4 nitrogen and oxygen atoms in total. The Morgan fingerprint density at radius 1 is 0.905 bits per heavy atom. The van der Waals surface area contributed by atoms with Crippen LogP contribution in [0.1, 0.15) is 5.56 Å². The van der Waals surface area contributed by atoms with E-state index in [2.05, 4.69) is 26.7 Å². The smallest absolute Gasteiger partial charge is 0.229 e. The second-order valence-corrected chi connectivity index (χ2v) is 4.63. The lowest BCUT2D eigenvalue weighted by Gasteiger charge is -2.10. The summed E-state index contributed by atoms with van der Waals surface area (Å²) < 4.78 is 0. The van der Waals surface area contributed by atoms with Gasteiger partial charge in [-0.05, 0) is 37.3 Å². The highest BCUT2D eigenvalue weighted by atomic mass is 15.1. The summed E-state index contributed by atoms with van der Waals surface area (Å²) in [5.41, 5.74) is 2.92. The van der Waals surface area contributed by atoms with E-state index in [1.54, 1.807) is 6.20 Å². The summed E-state index contributed by atoms with van der Waals surface area (Å²) in [6.45, 7) is 1.98. The van der Waals surface area contributed by atoms with Crippen molar-refractivity contribution in [2.75, 3.05) is 10.6 Å². The van der Waals surface area contributed by atoms with Gasteiger partial charge in [0, 0.05) is 23.1 Å². The molecule has 0 aliphatic carbocycles. The molecule has 0 saturated heterocycles. The first-order chi connectivity index (χ1) is 10.3. The molecule has 0 unspecified atom stereocenters. The monoisotopic (exact) mass is 275 g/mol. The molecule has 1 radical (unpaired) electrons. The van der Waals surface area contributed by atoms with E-state index in [4.69, 9.17) is 0 Å². The number of benzene rings is 2. The average Bonchev–Trinajstić information content (AvgIpc) is 2.53. The Hall–Kier alpha value is -2.88. The second-order valence-electron chi connectivity index (χ2n) is 4.63. The molecule has 1 aromatic heterocycles. The van der Waals surface area contributed by atoms with Gasteiger partial charge in [-0.2, -0.15) is 4.98 Å². The van der Waals surface area contributed by atoms with Crippen molar-refractivity contribution in [1.29, 1.82) is 0 Å². The number of aryl methyl sites for hydroxylation is 1. The van der Waals surface area contributed by atoms with Gasteiger partial charge in [0.1, 0.15) is 5.82 Å². The number of hydrogen-bond donors (Lipinski definition) is 2. The van der Waals surface area contributed by atoms with E-state index >= 15 is 0 Å². The van der Waals surface area contributed by atoms with E-state index in [-0.39, 0.29) is 0 Å². The maximum absolute atomic E-state index is 4.52. The van der Waals surface area contributed by atoms with E-state index in [0.717, 1.165) is 22.8 Å². The third-order valence-electron chi connectivity index (χ3n) is 2.98. The maximum atomic E-state index is 4.52. The lowest BCUT2D eigenvalue weighted by atomic mass is 10.3. The molecule has 0 bridgehead atoms. The molecule has 0 saturated carbocycles. The molecule has 103 valence electrons. The first-order valence-corrected chi connectivity index (χ1v) is 6.70. The zero-order valence-electron chi connectivity index (χ0n) is 11.7. The number of nitrogens with one attached hydrogen (secondary N) is 2. The highest BCUT2D eigenvalue weighted by Crippen LogP contribution is 2.20. The summed E-state index contributed by atoms with van der Waals surface area (Å²) in [5, 5.41) is 6.48. The minimum absolute atomic E-state index is 0.566. The predicted octanol–water partition coefficient (Wildman–Crippen LogP) is 4.07. The van der Waals surface area contributed by atoms with Gasteiger partial charge in [0.25, 0.3) is 0 Å². The molecule has 2 N–H and O–H groups in total. The van der Waals surface area contributed by atoms with Crippen molar-refractivity contribution >= 4 is 23.1 Å². The summed E-state index contributed by atoms with van der Waals surface area (Å²) >= 11 is 0. The molecule has 0 aliphatic heterocycles. The van der Waals surface area contributed by atoms with Gasteiger partial charge in [-0.3, -0.25) is 0 Å². The molecule has 3 rings (SSSR count). The summed E-state index contributed by atoms with van der Waals surface area (Å²) in [5.74, 6) is 1.35. The van der Waals surface area contributed by atoms with Crippen molar-refractivity contribution in [1.82, 2.24) is 9.97 Å². The Kier molecular flexibility index (Phi) is 3.78. The molecule has 1 heterocycles. The van der Waals surface area contributed by atoms with Crippen LogP contribution >= 0.6 is 0 Å². The standard InChI is InChI=1S/C17H15N4/c1-13-12-18-17(20-15-10-6-3-7-11-15)21-16(13)19-14-8-4-2-5-9-14/h3-12H,1H3,(H2,18,19,20,21). The number of hydrogen-bond acceptors (Lipinski definition) is 4. The van der Waals surface area contributed by atoms with Crippen molar-refractivity contribution in [2.24, 2.45) is 0 Å². The molecule has 2 aromatic carbocycles. The van der Waals surface area contributed by atoms with Crippen LogP contribution in [0, 0.1) is 13.0 Å². The largest absolute Gasteiger partial charge is 0.340 e. The van der Waals surface area contributed by atoms with Crippen LogP contribution in [-0.2, 0) is 0 Å². The van der Waals surface area contributed by atoms with Crippen molar-refractivity contribution in [3.63, 3.8) is 0 Å². The van der Waals surface area contributed by atoms with Gasteiger partial charge in [0.2, 0.25) is 5.95 Å². The van der Waals surface area contributed by atoms with Crippen molar-refractivity contribution in [3.8, 4) is 0 Å². The number of aromatic nitrogens is 2. The Balaban J connectivity index is 1.83. The molecule has 0 atom stereocenters. The summed E-state index contributed by atoms with van der Waals surface area (Å²) in [6.07, 6.45) is 1.80. The number of rotatable bonds is 4. The van der Waals surface area contributed by atoms with Gasteiger partial charge in [0.15, 0.2) is 0 Å². The Bertz CT molecular complexity index is 711. The van der Waals surface area contributed by atoms with Gasteiger partial charge >= 0.3 is 0 Å². The quantitative estimate of drug-likeness (QED) is 0.753. The Morgan fingerprint density at radius 2 is 1.62 bits per heavy atom. The summed E-state index contributed by atoms with van der Waals surface area (Å²) in [6, 6.07) is 20.5. The lowest BCUT2D eigenvalue weighted by molar-refractivity contribution is 1.13. The maximum Gasteiger partial charge on any atom is 0.229 e. The van der Waals surface area contributed by atoms with Gasteiger partial charge in [-0.1, -0.05) is 30.3 Å². The summed E-state index contributed by atoms with van der Waals surface area (Å²) in [7, 11) is 0. The zero-order chi connectivity index (χ0) is 14.5. The van der Waals surface area contributed by atoms with Crippen molar-refractivity contribution < 1.29 is 0 Å². The predicted molar refractivity (Wildman–Crippen MR) is 85.1 cm³/mol. The summed E-state index contributed by atoms with van der Waals surface area (Å²) in [4.78, 5) is 8.83. The minimum Gasteiger partial charge on any atom is -0.340 e. The van der Waals surface area contributed by atoms with Crippen molar-refractivity contribution in [2.45, 2.75) is 6.92 Å². The lowest BCUT2D eigenvalue weighted by Crippen LogP contribution is -2.02. The average molecular weight is 275 g/mol. The second kappa shape index (κ2) is 6.05. The molecule has 21 heavy (non-hydrogen) atoms. The molecule has 0 aliphatic rings. The molecular formula is C17H15N4. The van der Waals surface area contributed by atoms with Crippen LogP contribution in [0.2, 0.25) is 0 Å². The van der Waals surface area contributed by atoms with Crippen molar-refractivity contribution in [3.05, 3.63) is 72.4 Å². The number of anilines is 4. The minimum atomic E-state index is 0.566. The zero-order valence-corrected chi connectivity index (χ0v) is 11.7. The van der Waals surface area contributed by atoms with E-state index in [0.29, 0.717) is 5.95 Å². The third-order valence-corrected chi connectivity index (χ3v) is 2.98. The SMILES string of the molecule is Cc1cnc(Nc2ccccc2)nc1Nc1cc[c]cc1. The van der Waals surface area contributed by atoms with Gasteiger partial charge in [-0.15, -0.1) is 0 Å². The van der Waals surface area contributed by atoms with Crippen LogP contribution in [0.5, 0.6) is 0 Å². The highest BCUT2D eigenvalue weighted by Gasteiger charge is 2.04. The molecule has 0 amide bonds. The fourth-order valence-corrected chi connectivity index (χ4v) is 1.89. The van der Waals surface area contributed by atoms with Crippen LogP contribution in [0.15, 0.2) is 60.8 Å². The van der Waals surface area contributed by atoms with Crippen LogP contribution in [-0.4, -0.2) is 9.97 Å². The van der Waals surface area contributed by atoms with E-state index < -0.39 is 0 Å². The molecule has 3 aromatic rings. The van der Waals surface area contributed by atoms with Crippen LogP contribution in [0.3, 0.4) is 0 Å². The topological polar surface area (TPSA) is 49.8 Å². The Labute approximate surface area is 123 Å². The van der Waals surface area contributed by atoms with Gasteiger partial charge in [0.05, 0.1) is 0 Å². The van der Waals surface area contributed by atoms with E-state index in [1.165, 1.54) is 0 Å². The molecule has 0 spiro atoms. The Morgan fingerprint density at radius 3 is 2.38 bits per heavy atom. The number of nitrogens with zero attached hydrogens (tertiary/aromatic N) is 2. The normalized spacial score (nSPS) is 10.1. The van der Waals surface area contributed by atoms with Gasteiger partial charge < -0.3 is 10.6 Å². The fraction of sp³-hybridized carbons (Fsp3) is 0.0588. The van der Waals surface area contributed by atoms with Crippen LogP contribution in [0.25, 0.3) is 0 Å². The first kappa shape index (κ1) is 13.1. The first-order valence-electron chi connectivity index (χ1n) is 6.70. The number of para-hydroxylation sites is 1. The molecular weight excluding hydrogens is 260 g/mol. The third kappa shape index (κ3) is 3.36. The van der Waals surface area contributed by atoms with Crippen LogP contribution in [0.4, 0.5) is 23.1 Å². The fourth-order valence-electron chi connectivity index (χ4n) is 1.89. The van der Waals surface area contributed by atoms with Gasteiger partial charge in [-0.25, -0.2) is 4.98 Å². The molecule has 0 fully saturated rings. The molecule has 4 heteroatoms. The van der Waals surface area contributed by atoms with E-state index in [1.807, 2.05) is 61.5 Å².